The Bertz CT molecular complexity index is 1580. The number of hydrogen-bond acceptors (Lipinski definition) is 6. The molecule has 6 rings (SSSR count). The van der Waals surface area contributed by atoms with E-state index in [-0.39, 0.29) is 35.9 Å². The van der Waals surface area contributed by atoms with Gasteiger partial charge in [0.2, 0.25) is 0 Å². The molecular weight excluding hydrogens is 588 g/mol. The summed E-state index contributed by atoms with van der Waals surface area (Å²) in [5, 5.41) is 22.4. The molecule has 2 aliphatic rings. The quantitative estimate of drug-likeness (QED) is 0.284. The fourth-order valence-corrected chi connectivity index (χ4v) is 6.26. The lowest BCUT2D eigenvalue weighted by Gasteiger charge is -2.34. The van der Waals surface area contributed by atoms with Gasteiger partial charge >= 0.3 is 12.4 Å². The number of aliphatic hydroxyl groups is 1. The van der Waals surface area contributed by atoms with E-state index in [4.69, 9.17) is 5.10 Å². The maximum atomic E-state index is 14.6. The summed E-state index contributed by atoms with van der Waals surface area (Å²) in [6, 6.07) is 19.7. The highest BCUT2D eigenvalue weighted by molar-refractivity contribution is 5.88. The number of anilines is 1. The Morgan fingerprint density at radius 3 is 1.91 bits per heavy atom. The van der Waals surface area contributed by atoms with Crippen LogP contribution in [0.2, 0.25) is 0 Å². The van der Waals surface area contributed by atoms with Crippen molar-refractivity contribution in [1.82, 2.24) is 20.0 Å². The summed E-state index contributed by atoms with van der Waals surface area (Å²) in [7, 11) is 0. The molecule has 2 aromatic carbocycles. The molecular formula is C31H27F6N5O2. The Morgan fingerprint density at radius 1 is 0.818 bits per heavy atom. The van der Waals surface area contributed by atoms with E-state index in [0.29, 0.717) is 12.8 Å². The van der Waals surface area contributed by atoms with Crippen molar-refractivity contribution in [3.8, 4) is 0 Å². The molecule has 0 unspecified atom stereocenters. The molecule has 0 radical (unpaired) electrons. The van der Waals surface area contributed by atoms with Gasteiger partial charge in [0.1, 0.15) is 18.1 Å². The third-order valence-electron chi connectivity index (χ3n) is 8.35. The minimum absolute atomic E-state index is 0.117. The summed E-state index contributed by atoms with van der Waals surface area (Å²) in [6.45, 7) is 0.566. The van der Waals surface area contributed by atoms with Crippen LogP contribution in [-0.2, 0) is 17.4 Å². The Morgan fingerprint density at radius 2 is 1.41 bits per heavy atom. The molecule has 230 valence electrons. The molecule has 44 heavy (non-hydrogen) atoms. The minimum Gasteiger partial charge on any atom is -0.384 e. The molecule has 1 aliphatic carbocycles. The molecule has 0 spiro atoms. The second-order valence-corrected chi connectivity index (χ2v) is 11.1. The third kappa shape index (κ3) is 5.56. The Labute approximate surface area is 248 Å². The number of ketones is 1. The van der Waals surface area contributed by atoms with Gasteiger partial charge in [0.05, 0.1) is 17.8 Å². The Hall–Kier alpha value is -4.26. The first-order chi connectivity index (χ1) is 20.9. The number of hydrogen-bond donors (Lipinski definition) is 1. The van der Waals surface area contributed by atoms with E-state index >= 15 is 0 Å². The van der Waals surface area contributed by atoms with Crippen LogP contribution in [-0.4, -0.2) is 56.2 Å². The summed E-state index contributed by atoms with van der Waals surface area (Å²) in [6.07, 6.45) is -11.6. The first kappa shape index (κ1) is 29.8. The van der Waals surface area contributed by atoms with Crippen molar-refractivity contribution < 1.29 is 36.2 Å². The number of carbonyl (C=O) groups is 1. The summed E-state index contributed by atoms with van der Waals surface area (Å²) in [5.41, 5.74) is 0.511. The second-order valence-electron chi connectivity index (χ2n) is 11.1. The average molecular weight is 616 g/mol. The van der Waals surface area contributed by atoms with Crippen LogP contribution in [0.4, 0.5) is 32.2 Å². The molecule has 4 aromatic rings. The summed E-state index contributed by atoms with van der Waals surface area (Å²) in [5.74, 6) is -3.61. The maximum Gasteiger partial charge on any atom is 0.435 e. The monoisotopic (exact) mass is 615 g/mol. The number of alkyl halides is 6. The lowest BCUT2D eigenvalue weighted by molar-refractivity contribution is -0.179. The van der Waals surface area contributed by atoms with Crippen molar-refractivity contribution in [3.63, 3.8) is 0 Å². The third-order valence-corrected chi connectivity index (χ3v) is 8.35. The molecule has 1 aliphatic heterocycles. The van der Waals surface area contributed by atoms with Gasteiger partial charge in [-0.2, -0.15) is 31.4 Å². The zero-order chi connectivity index (χ0) is 31.2. The van der Waals surface area contributed by atoms with Crippen LogP contribution in [0.25, 0.3) is 0 Å². The summed E-state index contributed by atoms with van der Waals surface area (Å²) >= 11 is 0. The largest absolute Gasteiger partial charge is 0.435 e. The highest BCUT2D eigenvalue weighted by Gasteiger charge is 2.54. The topological polar surface area (TPSA) is 84.1 Å². The molecule has 1 N–H and O–H groups in total. The van der Waals surface area contributed by atoms with Crippen molar-refractivity contribution in [3.05, 3.63) is 107 Å². The van der Waals surface area contributed by atoms with Gasteiger partial charge in [0.15, 0.2) is 17.3 Å². The van der Waals surface area contributed by atoms with Crippen molar-refractivity contribution in [2.75, 3.05) is 18.0 Å². The SMILES string of the molecule is O=C1Cc2c(c(C3CCN(c4ccc(C(F)(F)F)nn4)CC3)nn2C(c2ccccc2)c2ccccc2)[C@H](C(F)(F)F)[C@H]1O. The molecule has 2 atom stereocenters. The van der Waals surface area contributed by atoms with Crippen LogP contribution in [0.1, 0.15) is 64.5 Å². The van der Waals surface area contributed by atoms with Crippen LogP contribution in [0.3, 0.4) is 0 Å². The van der Waals surface area contributed by atoms with Crippen LogP contribution in [0.5, 0.6) is 0 Å². The molecule has 3 heterocycles. The smallest absolute Gasteiger partial charge is 0.384 e. The fraction of sp³-hybridized carbons (Fsp3) is 0.355. The second kappa shape index (κ2) is 11.3. The van der Waals surface area contributed by atoms with Gasteiger partial charge < -0.3 is 10.0 Å². The standard InChI is InChI=1S/C31H27F6N5O2/c32-30(33,34)23-11-12-24(39-38-23)41-15-13-18(14-16-41)27-25-21(17-22(43)29(44)26(25)31(35,36)37)42(40-27)28(19-7-3-1-4-8-19)20-9-5-2-6-10-20/h1-12,18,26,28-29,44H,13-17H2/t26-,29-/m0/s1. The van der Waals surface area contributed by atoms with Gasteiger partial charge in [-0.15, -0.1) is 10.2 Å². The molecule has 7 nitrogen and oxygen atoms in total. The van der Waals surface area contributed by atoms with Crippen LogP contribution >= 0.6 is 0 Å². The van der Waals surface area contributed by atoms with Gasteiger partial charge in [-0.05, 0) is 36.1 Å². The van der Waals surface area contributed by atoms with E-state index in [1.54, 1.807) is 4.90 Å². The summed E-state index contributed by atoms with van der Waals surface area (Å²) < 4.78 is 84.1. The Kier molecular flexibility index (Phi) is 7.68. The van der Waals surface area contributed by atoms with Crippen LogP contribution in [0, 0.1) is 0 Å². The van der Waals surface area contributed by atoms with Crippen molar-refractivity contribution >= 4 is 11.6 Å². The molecule has 13 heteroatoms. The normalized spacial score (nSPS) is 19.8. The first-order valence-electron chi connectivity index (χ1n) is 14.1. The molecule has 1 fully saturated rings. The van der Waals surface area contributed by atoms with Crippen molar-refractivity contribution in [2.45, 2.75) is 55.6 Å². The molecule has 0 saturated carbocycles. The van der Waals surface area contributed by atoms with Crippen LogP contribution < -0.4 is 4.90 Å². The number of aliphatic hydroxyl groups excluding tert-OH is 1. The lowest BCUT2D eigenvalue weighted by Crippen LogP contribution is -2.43. The number of piperidine rings is 1. The van der Waals surface area contributed by atoms with E-state index in [1.807, 2.05) is 60.7 Å². The number of benzene rings is 2. The van der Waals surface area contributed by atoms with Crippen molar-refractivity contribution in [1.29, 1.82) is 0 Å². The average Bonchev–Trinajstić information content (AvgIpc) is 3.35. The van der Waals surface area contributed by atoms with Gasteiger partial charge in [0.25, 0.3) is 0 Å². The fourth-order valence-electron chi connectivity index (χ4n) is 6.26. The Balaban J connectivity index is 1.42. The molecule has 2 aromatic heterocycles. The first-order valence-corrected chi connectivity index (χ1v) is 14.1. The predicted octanol–water partition coefficient (Wildman–Crippen LogP) is 5.85. The van der Waals surface area contributed by atoms with E-state index in [2.05, 4.69) is 10.2 Å². The molecule has 1 saturated heterocycles. The van der Waals surface area contributed by atoms with Crippen molar-refractivity contribution in [2.24, 2.45) is 0 Å². The predicted molar refractivity (Wildman–Crippen MR) is 147 cm³/mol. The number of halogens is 6. The van der Waals surface area contributed by atoms with E-state index < -0.39 is 54.2 Å². The van der Waals surface area contributed by atoms with Gasteiger partial charge in [-0.3, -0.25) is 9.48 Å². The van der Waals surface area contributed by atoms with Gasteiger partial charge in [-0.25, -0.2) is 0 Å². The van der Waals surface area contributed by atoms with Gasteiger partial charge in [-0.1, -0.05) is 60.7 Å². The van der Waals surface area contributed by atoms with E-state index in [9.17, 15) is 36.2 Å². The number of aromatic nitrogens is 4. The minimum atomic E-state index is -4.92. The number of Topliss-reactive ketones (excluding diaryl/α,β-unsaturated/α-hetero) is 1. The lowest BCUT2D eigenvalue weighted by atomic mass is 9.78. The zero-order valence-electron chi connectivity index (χ0n) is 23.1. The zero-order valence-corrected chi connectivity index (χ0v) is 23.1. The van der Waals surface area contributed by atoms with Crippen LogP contribution in [0.15, 0.2) is 72.8 Å². The number of nitrogens with zero attached hydrogens (tertiary/aromatic N) is 5. The van der Waals surface area contributed by atoms with E-state index in [0.717, 1.165) is 17.2 Å². The summed E-state index contributed by atoms with van der Waals surface area (Å²) in [4.78, 5) is 14.6. The van der Waals surface area contributed by atoms with E-state index in [1.165, 1.54) is 10.7 Å². The number of carbonyl (C=O) groups excluding carboxylic acids is 1. The van der Waals surface area contributed by atoms with Gasteiger partial charge in [0, 0.05) is 24.6 Å². The number of fused-ring (bicyclic) bond motifs is 1. The molecule has 0 bridgehead atoms. The highest BCUT2D eigenvalue weighted by atomic mass is 19.4. The maximum absolute atomic E-state index is 14.6. The molecule has 0 amide bonds. The highest BCUT2D eigenvalue weighted by Crippen LogP contribution is 2.48. The number of rotatable bonds is 5.